The maximum Gasteiger partial charge on any atom is -0.0141 e. The first kappa shape index (κ1) is 13.4. The van der Waals surface area contributed by atoms with Crippen molar-refractivity contribution in [2.24, 2.45) is 40.4 Å². The van der Waals surface area contributed by atoms with Crippen LogP contribution in [0.1, 0.15) is 72.6 Å². The Kier molecular flexibility index (Phi) is 2.78. The summed E-state index contributed by atoms with van der Waals surface area (Å²) in [6, 6.07) is 0. The fourth-order valence-corrected chi connectivity index (χ4v) is 7.12. The molecule has 0 aromatic carbocycles. The third-order valence-electron chi connectivity index (χ3n) is 8.26. The second kappa shape index (κ2) is 4.14. The second-order valence-corrected chi connectivity index (χ2v) is 9.43. The normalized spacial score (nSPS) is 53.0. The summed E-state index contributed by atoms with van der Waals surface area (Å²) in [5.74, 6) is 4.86. The predicted molar refractivity (Wildman–Crippen MR) is 85.4 cm³/mol. The van der Waals surface area contributed by atoms with Crippen LogP contribution in [-0.2, 0) is 0 Å². The van der Waals surface area contributed by atoms with Crippen LogP contribution in [0, 0.1) is 40.4 Å². The average molecular weight is 272 g/mol. The van der Waals surface area contributed by atoms with E-state index in [4.69, 9.17) is 0 Å². The summed E-state index contributed by atoms with van der Waals surface area (Å²) < 4.78 is 0. The molecule has 3 saturated carbocycles. The molecule has 0 heterocycles. The van der Waals surface area contributed by atoms with Gasteiger partial charge in [-0.05, 0) is 78.9 Å². The van der Waals surface area contributed by atoms with Gasteiger partial charge in [-0.15, -0.1) is 0 Å². The summed E-state index contributed by atoms with van der Waals surface area (Å²) in [6.07, 6.45) is 13.1. The molecule has 0 aromatic rings. The Labute approximate surface area is 125 Å². The van der Waals surface area contributed by atoms with Crippen molar-refractivity contribution in [3.8, 4) is 0 Å². The van der Waals surface area contributed by atoms with Crippen LogP contribution < -0.4 is 0 Å². The lowest BCUT2D eigenvalue weighted by atomic mass is 9.45. The van der Waals surface area contributed by atoms with Gasteiger partial charge >= 0.3 is 0 Å². The van der Waals surface area contributed by atoms with E-state index in [0.29, 0.717) is 10.8 Å². The quantitative estimate of drug-likeness (QED) is 0.487. The summed E-state index contributed by atoms with van der Waals surface area (Å²) in [4.78, 5) is 0. The molecule has 0 aliphatic heterocycles. The Morgan fingerprint density at radius 1 is 1.10 bits per heavy atom. The van der Waals surface area contributed by atoms with Crippen LogP contribution in [0.3, 0.4) is 0 Å². The summed E-state index contributed by atoms with van der Waals surface area (Å²) in [5.41, 5.74) is 3.10. The van der Waals surface area contributed by atoms with Gasteiger partial charge < -0.3 is 0 Å². The van der Waals surface area contributed by atoms with E-state index in [2.05, 4.69) is 33.8 Å². The van der Waals surface area contributed by atoms with Crippen LogP contribution in [0.5, 0.6) is 0 Å². The van der Waals surface area contributed by atoms with Crippen molar-refractivity contribution in [3.05, 3.63) is 11.6 Å². The molecule has 4 aliphatic rings. The van der Waals surface area contributed by atoms with Gasteiger partial charge in [0.25, 0.3) is 0 Å². The van der Waals surface area contributed by atoms with E-state index >= 15 is 0 Å². The van der Waals surface area contributed by atoms with Crippen molar-refractivity contribution < 1.29 is 0 Å². The summed E-state index contributed by atoms with van der Waals surface area (Å²) >= 11 is 0. The Hall–Kier alpha value is -0.260. The topological polar surface area (TPSA) is 0 Å². The molecule has 2 bridgehead atoms. The number of hydrogen-bond donors (Lipinski definition) is 0. The first-order chi connectivity index (χ1) is 9.43. The molecule has 0 spiro atoms. The molecule has 6 atom stereocenters. The highest BCUT2D eigenvalue weighted by Gasteiger charge is 2.56. The van der Waals surface area contributed by atoms with E-state index in [1.165, 1.54) is 44.9 Å². The van der Waals surface area contributed by atoms with E-state index in [0.717, 1.165) is 29.6 Å². The first-order valence-corrected chi connectivity index (χ1v) is 9.13. The standard InChI is InChI=1S/C20H32/c1-13-14-6-7-15(13)16-8-9-18-19(2,3)10-5-11-20(18,4)17(16)12-14/h8,13-15,17-18H,5-7,9-12H2,1-4H3/t13-,14-,15-,17-,18-,20+/m0/s1. The fraction of sp³-hybridized carbons (Fsp3) is 0.900. The van der Waals surface area contributed by atoms with Crippen LogP contribution in [0.25, 0.3) is 0 Å². The average Bonchev–Trinajstić information content (AvgIpc) is 2.61. The number of rotatable bonds is 0. The van der Waals surface area contributed by atoms with E-state index in [1.807, 2.05) is 5.57 Å². The van der Waals surface area contributed by atoms with E-state index in [1.54, 1.807) is 0 Å². The first-order valence-electron chi connectivity index (χ1n) is 9.13. The molecule has 4 rings (SSSR count). The van der Waals surface area contributed by atoms with Crippen LogP contribution in [0.4, 0.5) is 0 Å². The minimum absolute atomic E-state index is 0.567. The monoisotopic (exact) mass is 272 g/mol. The van der Waals surface area contributed by atoms with E-state index < -0.39 is 0 Å². The Morgan fingerprint density at radius 3 is 2.70 bits per heavy atom. The van der Waals surface area contributed by atoms with Gasteiger partial charge in [-0.1, -0.05) is 45.8 Å². The van der Waals surface area contributed by atoms with Gasteiger partial charge in [-0.25, -0.2) is 0 Å². The zero-order valence-corrected chi connectivity index (χ0v) is 13.9. The number of fused-ring (bicyclic) bond motifs is 6. The summed E-state index contributed by atoms with van der Waals surface area (Å²) in [7, 11) is 0. The number of hydrogen-bond acceptors (Lipinski definition) is 0. The Bertz CT molecular complexity index is 443. The van der Waals surface area contributed by atoms with E-state index in [-0.39, 0.29) is 0 Å². The maximum absolute atomic E-state index is 2.73. The molecule has 0 amide bonds. The molecule has 3 fully saturated rings. The highest BCUT2D eigenvalue weighted by atomic mass is 14.6. The van der Waals surface area contributed by atoms with Gasteiger partial charge in [0.05, 0.1) is 0 Å². The van der Waals surface area contributed by atoms with Crippen molar-refractivity contribution in [3.63, 3.8) is 0 Å². The largest absolute Gasteiger partial charge is 0.0844 e. The molecule has 0 radical (unpaired) electrons. The molecule has 0 heteroatoms. The SMILES string of the molecule is C[C@H]1[C@H]2CC[C@@H]1C1=CC[C@H]3C(C)(C)CCC[C@]3(C)[C@H]1C2. The van der Waals surface area contributed by atoms with Crippen LogP contribution >= 0.6 is 0 Å². The maximum atomic E-state index is 2.73. The van der Waals surface area contributed by atoms with Gasteiger partial charge in [-0.2, -0.15) is 0 Å². The molecule has 112 valence electrons. The molecule has 0 aromatic heterocycles. The van der Waals surface area contributed by atoms with Gasteiger partial charge in [0.1, 0.15) is 0 Å². The molecule has 0 saturated heterocycles. The zero-order chi connectivity index (χ0) is 14.1. The lowest BCUT2D eigenvalue weighted by molar-refractivity contribution is -0.0540. The van der Waals surface area contributed by atoms with Crippen molar-refractivity contribution in [2.75, 3.05) is 0 Å². The molecule has 4 aliphatic carbocycles. The summed E-state index contributed by atoms with van der Waals surface area (Å²) in [5, 5.41) is 0. The minimum atomic E-state index is 0.567. The minimum Gasteiger partial charge on any atom is -0.0844 e. The molecule has 20 heavy (non-hydrogen) atoms. The van der Waals surface area contributed by atoms with Crippen molar-refractivity contribution in [1.29, 1.82) is 0 Å². The molecule has 0 unspecified atom stereocenters. The lowest BCUT2D eigenvalue weighted by Crippen LogP contribution is -2.51. The molecule has 0 N–H and O–H groups in total. The Morgan fingerprint density at radius 2 is 1.90 bits per heavy atom. The van der Waals surface area contributed by atoms with Gasteiger partial charge in [0.2, 0.25) is 0 Å². The van der Waals surface area contributed by atoms with Crippen LogP contribution in [0.15, 0.2) is 11.6 Å². The third kappa shape index (κ3) is 1.60. The van der Waals surface area contributed by atoms with Gasteiger partial charge in [0, 0.05) is 0 Å². The lowest BCUT2D eigenvalue weighted by Gasteiger charge is -2.59. The van der Waals surface area contributed by atoms with Crippen molar-refractivity contribution in [1.82, 2.24) is 0 Å². The van der Waals surface area contributed by atoms with Gasteiger partial charge in [0.15, 0.2) is 0 Å². The number of allylic oxidation sites excluding steroid dienone is 2. The van der Waals surface area contributed by atoms with Crippen LogP contribution in [-0.4, -0.2) is 0 Å². The molecule has 0 nitrogen and oxygen atoms in total. The Balaban J connectivity index is 1.75. The van der Waals surface area contributed by atoms with E-state index in [9.17, 15) is 0 Å². The highest BCUT2D eigenvalue weighted by Crippen LogP contribution is 2.66. The second-order valence-electron chi connectivity index (χ2n) is 9.43. The fourth-order valence-electron chi connectivity index (χ4n) is 7.12. The van der Waals surface area contributed by atoms with Crippen molar-refractivity contribution >= 4 is 0 Å². The predicted octanol–water partition coefficient (Wildman–Crippen LogP) is 5.83. The van der Waals surface area contributed by atoms with Crippen LogP contribution in [0.2, 0.25) is 0 Å². The third-order valence-corrected chi connectivity index (χ3v) is 8.26. The summed E-state index contributed by atoms with van der Waals surface area (Å²) in [6.45, 7) is 10.3. The van der Waals surface area contributed by atoms with Crippen molar-refractivity contribution in [2.45, 2.75) is 72.6 Å². The molecular formula is C20H32. The van der Waals surface area contributed by atoms with Gasteiger partial charge in [-0.3, -0.25) is 0 Å². The zero-order valence-electron chi connectivity index (χ0n) is 13.9. The molecular weight excluding hydrogens is 240 g/mol. The highest BCUT2D eigenvalue weighted by molar-refractivity contribution is 5.26. The smallest absolute Gasteiger partial charge is 0.0141 e.